The molecule has 0 aliphatic carbocycles. The number of unbranched alkanes of at least 4 members (excludes halogenated alkanes) is 9. The van der Waals surface area contributed by atoms with Crippen LogP contribution in [-0.2, 0) is 4.74 Å². The first kappa shape index (κ1) is 30.2. The van der Waals surface area contributed by atoms with E-state index in [0.717, 1.165) is 18.8 Å². The molecular weight excluding hydrogens is 468 g/mol. The Morgan fingerprint density at radius 2 is 1.22 bits per heavy atom. The van der Waals surface area contributed by atoms with E-state index < -0.39 is 12.1 Å². The Balaban J connectivity index is 1.54. The van der Waals surface area contributed by atoms with Crippen LogP contribution in [0.2, 0.25) is 0 Å². The first-order valence-electron chi connectivity index (χ1n) is 13.7. The van der Waals surface area contributed by atoms with Crippen LogP contribution in [-0.4, -0.2) is 43.6 Å². The van der Waals surface area contributed by atoms with E-state index in [1.807, 2.05) is 24.3 Å². The zero-order valence-corrected chi connectivity index (χ0v) is 22.4. The molecule has 0 amide bonds. The Kier molecular flexibility index (Phi) is 15.7. The predicted octanol–water partition coefficient (Wildman–Crippen LogP) is 7.15. The lowest BCUT2D eigenvalue weighted by atomic mass is 10.1. The van der Waals surface area contributed by atoms with Gasteiger partial charge in [0.15, 0.2) is 0 Å². The van der Waals surface area contributed by atoms with Crippen LogP contribution < -0.4 is 14.2 Å². The van der Waals surface area contributed by atoms with Gasteiger partial charge in [0.25, 0.3) is 0 Å². The molecule has 0 aromatic heterocycles. The maximum atomic E-state index is 11.8. The van der Waals surface area contributed by atoms with Crippen LogP contribution in [0.4, 0.5) is 0 Å². The van der Waals surface area contributed by atoms with Crippen LogP contribution in [0.3, 0.4) is 0 Å². The SMILES string of the molecule is C=CCOC(=O)c1ccc(OCC(O)COc2ccc(OCCCCCCCCCCCC)cc2)cc1. The van der Waals surface area contributed by atoms with E-state index >= 15 is 0 Å². The lowest BCUT2D eigenvalue weighted by Crippen LogP contribution is -2.25. The van der Waals surface area contributed by atoms with Gasteiger partial charge >= 0.3 is 5.97 Å². The second kappa shape index (κ2) is 19.2. The Morgan fingerprint density at radius 3 is 1.73 bits per heavy atom. The molecule has 0 aliphatic heterocycles. The molecule has 1 N–H and O–H groups in total. The zero-order valence-electron chi connectivity index (χ0n) is 22.4. The van der Waals surface area contributed by atoms with Crippen LogP contribution in [0.1, 0.15) is 81.5 Å². The summed E-state index contributed by atoms with van der Waals surface area (Å²) in [6, 6.07) is 14.0. The number of hydrogen-bond donors (Lipinski definition) is 1. The van der Waals surface area contributed by atoms with Crippen molar-refractivity contribution in [3.8, 4) is 17.2 Å². The van der Waals surface area contributed by atoms with Crippen LogP contribution >= 0.6 is 0 Å². The fourth-order valence-electron chi connectivity index (χ4n) is 3.75. The third-order valence-corrected chi connectivity index (χ3v) is 5.90. The van der Waals surface area contributed by atoms with E-state index in [-0.39, 0.29) is 19.8 Å². The van der Waals surface area contributed by atoms with E-state index in [1.165, 1.54) is 63.9 Å². The van der Waals surface area contributed by atoms with Gasteiger partial charge in [-0.15, -0.1) is 0 Å². The fraction of sp³-hybridized carbons (Fsp3) is 0.516. The van der Waals surface area contributed by atoms with Crippen molar-refractivity contribution in [2.45, 2.75) is 77.2 Å². The number of benzene rings is 2. The molecule has 0 aliphatic rings. The standard InChI is InChI=1S/C31H44O6/c1-3-5-6-7-8-9-10-11-12-13-23-34-28-18-20-30(21-19-28)37-25-27(32)24-36-29-16-14-26(15-17-29)31(33)35-22-4-2/h4,14-21,27,32H,2-3,5-13,22-25H2,1H3. The Labute approximate surface area is 222 Å². The lowest BCUT2D eigenvalue weighted by molar-refractivity contribution is 0.0548. The molecular formula is C31H44O6. The normalized spacial score (nSPS) is 11.5. The topological polar surface area (TPSA) is 74.2 Å². The van der Waals surface area contributed by atoms with E-state index in [9.17, 15) is 9.90 Å². The molecule has 2 aromatic rings. The summed E-state index contributed by atoms with van der Waals surface area (Å²) in [6.07, 6.45) is 13.8. The maximum absolute atomic E-state index is 11.8. The summed E-state index contributed by atoms with van der Waals surface area (Å²) < 4.78 is 22.1. The van der Waals surface area contributed by atoms with Crippen molar-refractivity contribution in [2.75, 3.05) is 26.4 Å². The van der Waals surface area contributed by atoms with Gasteiger partial charge in [-0.3, -0.25) is 0 Å². The number of aliphatic hydroxyl groups is 1. The second-order valence-electron chi connectivity index (χ2n) is 9.19. The largest absolute Gasteiger partial charge is 0.494 e. The van der Waals surface area contributed by atoms with Crippen molar-refractivity contribution in [3.63, 3.8) is 0 Å². The number of carbonyl (C=O) groups excluding carboxylic acids is 1. The predicted molar refractivity (Wildman–Crippen MR) is 148 cm³/mol. The van der Waals surface area contributed by atoms with Gasteiger partial charge in [0, 0.05) is 0 Å². The van der Waals surface area contributed by atoms with E-state index in [0.29, 0.717) is 17.1 Å². The summed E-state index contributed by atoms with van der Waals surface area (Å²) in [5.74, 6) is 1.61. The molecule has 0 radical (unpaired) electrons. The molecule has 0 bridgehead atoms. The minimum absolute atomic E-state index is 0.0698. The zero-order chi connectivity index (χ0) is 26.6. The number of ether oxygens (including phenoxy) is 4. The van der Waals surface area contributed by atoms with Crippen molar-refractivity contribution in [2.24, 2.45) is 0 Å². The van der Waals surface area contributed by atoms with Crippen molar-refractivity contribution in [1.82, 2.24) is 0 Å². The molecule has 6 heteroatoms. The molecule has 0 spiro atoms. The van der Waals surface area contributed by atoms with E-state index in [2.05, 4.69) is 13.5 Å². The number of esters is 1. The summed E-state index contributed by atoms with van der Waals surface area (Å²) >= 11 is 0. The number of aliphatic hydroxyl groups excluding tert-OH is 1. The molecule has 2 aromatic carbocycles. The molecule has 1 unspecified atom stereocenters. The highest BCUT2D eigenvalue weighted by Gasteiger charge is 2.09. The molecule has 0 saturated carbocycles. The molecule has 204 valence electrons. The summed E-state index contributed by atoms with van der Waals surface area (Å²) in [7, 11) is 0. The lowest BCUT2D eigenvalue weighted by Gasteiger charge is -2.14. The maximum Gasteiger partial charge on any atom is 0.338 e. The molecule has 0 saturated heterocycles. The van der Waals surface area contributed by atoms with Gasteiger partial charge in [0.2, 0.25) is 0 Å². The number of rotatable bonds is 21. The highest BCUT2D eigenvalue weighted by molar-refractivity contribution is 5.89. The van der Waals surface area contributed by atoms with Crippen LogP contribution in [0.25, 0.3) is 0 Å². The van der Waals surface area contributed by atoms with Crippen molar-refractivity contribution < 1.29 is 28.8 Å². The highest BCUT2D eigenvalue weighted by atomic mass is 16.5. The van der Waals surface area contributed by atoms with Gasteiger partial charge < -0.3 is 24.1 Å². The molecule has 1 atom stereocenters. The second-order valence-corrected chi connectivity index (χ2v) is 9.19. The minimum atomic E-state index is -0.801. The Hall–Kier alpha value is -2.99. The van der Waals surface area contributed by atoms with Crippen molar-refractivity contribution in [3.05, 3.63) is 66.7 Å². The summed E-state index contributed by atoms with van der Waals surface area (Å²) in [5, 5.41) is 10.2. The highest BCUT2D eigenvalue weighted by Crippen LogP contribution is 2.19. The van der Waals surface area contributed by atoms with Crippen molar-refractivity contribution >= 4 is 5.97 Å². The number of hydrogen-bond acceptors (Lipinski definition) is 6. The molecule has 6 nitrogen and oxygen atoms in total. The van der Waals surface area contributed by atoms with Gasteiger partial charge in [-0.05, 0) is 55.0 Å². The first-order chi connectivity index (χ1) is 18.1. The van der Waals surface area contributed by atoms with Gasteiger partial charge in [-0.2, -0.15) is 0 Å². The Bertz CT molecular complexity index is 862. The summed E-state index contributed by atoms with van der Waals surface area (Å²) in [5.41, 5.74) is 0.425. The number of carbonyl (C=O) groups is 1. The van der Waals surface area contributed by atoms with Gasteiger partial charge in [0.1, 0.15) is 43.2 Å². The van der Waals surface area contributed by atoms with Gasteiger partial charge in [-0.1, -0.05) is 77.4 Å². The summed E-state index contributed by atoms with van der Waals surface area (Å²) in [6.45, 7) is 6.83. The first-order valence-corrected chi connectivity index (χ1v) is 13.7. The molecule has 0 fully saturated rings. The van der Waals surface area contributed by atoms with E-state index in [1.54, 1.807) is 24.3 Å². The Morgan fingerprint density at radius 1 is 0.757 bits per heavy atom. The molecule has 37 heavy (non-hydrogen) atoms. The average molecular weight is 513 g/mol. The third-order valence-electron chi connectivity index (χ3n) is 5.90. The van der Waals surface area contributed by atoms with Crippen LogP contribution in [0.5, 0.6) is 17.2 Å². The average Bonchev–Trinajstić information content (AvgIpc) is 2.93. The van der Waals surface area contributed by atoms with Crippen LogP contribution in [0.15, 0.2) is 61.2 Å². The fourth-order valence-corrected chi connectivity index (χ4v) is 3.75. The monoisotopic (exact) mass is 512 g/mol. The minimum Gasteiger partial charge on any atom is -0.494 e. The quantitative estimate of drug-likeness (QED) is 0.109. The van der Waals surface area contributed by atoms with E-state index in [4.69, 9.17) is 18.9 Å². The smallest absolute Gasteiger partial charge is 0.338 e. The third kappa shape index (κ3) is 13.8. The van der Waals surface area contributed by atoms with Crippen LogP contribution in [0, 0.1) is 0 Å². The molecule has 0 heterocycles. The molecule has 2 rings (SSSR count). The van der Waals surface area contributed by atoms with Gasteiger partial charge in [-0.25, -0.2) is 4.79 Å². The van der Waals surface area contributed by atoms with Crippen molar-refractivity contribution in [1.29, 1.82) is 0 Å². The summed E-state index contributed by atoms with van der Waals surface area (Å²) in [4.78, 5) is 11.8. The van der Waals surface area contributed by atoms with Gasteiger partial charge in [0.05, 0.1) is 12.2 Å².